The predicted octanol–water partition coefficient (Wildman–Crippen LogP) is 5.64. The molecule has 1 saturated heterocycles. The average Bonchev–Trinajstić information content (AvgIpc) is 3.15. The number of aromatic nitrogens is 2. The molecule has 0 radical (unpaired) electrons. The first-order valence-corrected chi connectivity index (χ1v) is 10.8. The van der Waals surface area contributed by atoms with Gasteiger partial charge in [-0.1, -0.05) is 42.5 Å². The molecule has 1 aliphatic heterocycles. The first-order valence-electron chi connectivity index (χ1n) is 10.8. The maximum Gasteiger partial charge on any atom is 0.157 e. The summed E-state index contributed by atoms with van der Waals surface area (Å²) in [4.78, 5) is 7.44. The molecule has 1 fully saturated rings. The van der Waals surface area contributed by atoms with Crippen LogP contribution in [0.1, 0.15) is 48.4 Å². The van der Waals surface area contributed by atoms with Gasteiger partial charge in [-0.05, 0) is 56.4 Å². The fraction of sp³-hybridized carbons (Fsp3) is 0.308. The van der Waals surface area contributed by atoms with Crippen molar-refractivity contribution in [3.8, 4) is 6.07 Å². The van der Waals surface area contributed by atoms with Gasteiger partial charge in [-0.2, -0.15) is 5.26 Å². The number of pyridine rings is 1. The van der Waals surface area contributed by atoms with E-state index < -0.39 is 0 Å². The third-order valence-corrected chi connectivity index (χ3v) is 6.50. The van der Waals surface area contributed by atoms with E-state index in [0.29, 0.717) is 11.6 Å². The van der Waals surface area contributed by atoms with Crippen molar-refractivity contribution in [2.24, 2.45) is 0 Å². The summed E-state index contributed by atoms with van der Waals surface area (Å²) in [6, 6.07) is 21.7. The van der Waals surface area contributed by atoms with Gasteiger partial charge in [0.15, 0.2) is 5.65 Å². The Hall–Kier alpha value is -3.32. The van der Waals surface area contributed by atoms with E-state index in [1.807, 2.05) is 12.1 Å². The van der Waals surface area contributed by atoms with Crippen LogP contribution in [0.25, 0.3) is 16.7 Å². The monoisotopic (exact) mass is 394 g/mol. The van der Waals surface area contributed by atoms with E-state index in [9.17, 15) is 5.26 Å². The van der Waals surface area contributed by atoms with Gasteiger partial charge in [-0.3, -0.25) is 4.40 Å². The highest BCUT2D eigenvalue weighted by Gasteiger charge is 2.28. The molecular weight excluding hydrogens is 368 g/mol. The second kappa shape index (κ2) is 7.50. The summed E-state index contributed by atoms with van der Waals surface area (Å²) in [5.41, 5.74) is 7.03. The van der Waals surface area contributed by atoms with Gasteiger partial charge in [0, 0.05) is 24.6 Å². The number of hydrogen-bond donors (Lipinski definition) is 0. The molecule has 1 atom stereocenters. The molecule has 1 aliphatic rings. The molecule has 2 aromatic carbocycles. The van der Waals surface area contributed by atoms with Crippen LogP contribution in [-0.4, -0.2) is 22.0 Å². The number of anilines is 1. The lowest BCUT2D eigenvalue weighted by atomic mass is 9.95. The van der Waals surface area contributed by atoms with Crippen LogP contribution in [-0.2, 0) is 6.42 Å². The molecule has 0 N–H and O–H groups in total. The molecule has 150 valence electrons. The van der Waals surface area contributed by atoms with Gasteiger partial charge < -0.3 is 4.90 Å². The lowest BCUT2D eigenvalue weighted by Gasteiger charge is -2.37. The van der Waals surface area contributed by atoms with Crippen LogP contribution in [0, 0.1) is 18.3 Å². The first-order chi connectivity index (χ1) is 14.7. The van der Waals surface area contributed by atoms with E-state index in [1.165, 1.54) is 36.2 Å². The second-order valence-corrected chi connectivity index (χ2v) is 8.37. The van der Waals surface area contributed by atoms with E-state index >= 15 is 0 Å². The molecule has 0 bridgehead atoms. The molecule has 4 heteroatoms. The highest BCUT2D eigenvalue weighted by Crippen LogP contribution is 2.37. The van der Waals surface area contributed by atoms with E-state index in [0.717, 1.165) is 35.2 Å². The average molecular weight is 395 g/mol. The molecule has 0 saturated carbocycles. The van der Waals surface area contributed by atoms with Crippen molar-refractivity contribution in [1.82, 2.24) is 9.38 Å². The van der Waals surface area contributed by atoms with Crippen LogP contribution in [0.3, 0.4) is 0 Å². The van der Waals surface area contributed by atoms with Crippen molar-refractivity contribution in [3.05, 3.63) is 76.9 Å². The number of nitrogens with zero attached hydrogens (tertiary/aromatic N) is 4. The zero-order valence-corrected chi connectivity index (χ0v) is 17.6. The number of imidazole rings is 1. The Balaban J connectivity index is 1.88. The SMILES string of the molecule is Cc1c(Cc2ccccc2)c(N2CCCCC2C)n2c(nc3ccccc32)c1C#N. The number of fused-ring (bicyclic) bond motifs is 3. The maximum atomic E-state index is 10.1. The van der Waals surface area contributed by atoms with Gasteiger partial charge in [0.25, 0.3) is 0 Å². The highest BCUT2D eigenvalue weighted by molar-refractivity contribution is 5.86. The first kappa shape index (κ1) is 18.7. The number of rotatable bonds is 3. The normalized spacial score (nSPS) is 16.8. The second-order valence-electron chi connectivity index (χ2n) is 8.37. The Kier molecular flexibility index (Phi) is 4.67. The molecule has 5 rings (SSSR count). The zero-order chi connectivity index (χ0) is 20.7. The van der Waals surface area contributed by atoms with Gasteiger partial charge >= 0.3 is 0 Å². The van der Waals surface area contributed by atoms with Crippen LogP contribution in [0.5, 0.6) is 0 Å². The minimum Gasteiger partial charge on any atom is -0.355 e. The maximum absolute atomic E-state index is 10.1. The van der Waals surface area contributed by atoms with Crippen LogP contribution < -0.4 is 4.90 Å². The Morgan fingerprint density at radius 1 is 1.07 bits per heavy atom. The Bertz CT molecular complexity index is 1260. The Morgan fingerprint density at radius 2 is 1.83 bits per heavy atom. The van der Waals surface area contributed by atoms with Crippen LogP contribution in [0.15, 0.2) is 54.6 Å². The molecule has 0 aliphatic carbocycles. The largest absolute Gasteiger partial charge is 0.355 e. The smallest absolute Gasteiger partial charge is 0.157 e. The number of nitriles is 1. The predicted molar refractivity (Wildman–Crippen MR) is 122 cm³/mol. The number of piperidine rings is 1. The van der Waals surface area contributed by atoms with Crippen LogP contribution in [0.2, 0.25) is 0 Å². The Morgan fingerprint density at radius 3 is 2.60 bits per heavy atom. The minimum atomic E-state index is 0.463. The molecule has 4 nitrogen and oxygen atoms in total. The van der Waals surface area contributed by atoms with Gasteiger partial charge in [0.1, 0.15) is 11.9 Å². The van der Waals surface area contributed by atoms with Crippen molar-refractivity contribution in [2.45, 2.75) is 45.6 Å². The minimum absolute atomic E-state index is 0.463. The number of hydrogen-bond acceptors (Lipinski definition) is 3. The summed E-state index contributed by atoms with van der Waals surface area (Å²) < 4.78 is 2.25. The van der Waals surface area contributed by atoms with Crippen molar-refractivity contribution < 1.29 is 0 Å². The molecule has 3 heterocycles. The molecule has 1 unspecified atom stereocenters. The van der Waals surface area contributed by atoms with Gasteiger partial charge in [0.2, 0.25) is 0 Å². The van der Waals surface area contributed by atoms with Gasteiger partial charge in [-0.25, -0.2) is 4.98 Å². The highest BCUT2D eigenvalue weighted by atomic mass is 15.3. The summed E-state index contributed by atoms with van der Waals surface area (Å²) >= 11 is 0. The topological polar surface area (TPSA) is 44.3 Å². The van der Waals surface area contributed by atoms with Gasteiger partial charge in [0.05, 0.1) is 16.6 Å². The molecule has 0 amide bonds. The van der Waals surface area contributed by atoms with Crippen LogP contribution in [0.4, 0.5) is 5.82 Å². The zero-order valence-electron chi connectivity index (χ0n) is 17.6. The summed E-state index contributed by atoms with van der Waals surface area (Å²) in [5.74, 6) is 1.21. The third kappa shape index (κ3) is 2.93. The molecular formula is C26H26N4. The number of benzene rings is 2. The van der Waals surface area contributed by atoms with Crippen molar-refractivity contribution in [1.29, 1.82) is 5.26 Å². The van der Waals surface area contributed by atoms with Crippen molar-refractivity contribution in [3.63, 3.8) is 0 Å². The lowest BCUT2D eigenvalue weighted by Crippen LogP contribution is -2.39. The lowest BCUT2D eigenvalue weighted by molar-refractivity contribution is 0.479. The summed E-state index contributed by atoms with van der Waals surface area (Å²) in [7, 11) is 0. The quantitative estimate of drug-likeness (QED) is 0.452. The summed E-state index contributed by atoms with van der Waals surface area (Å²) in [6.07, 6.45) is 4.47. The van der Waals surface area contributed by atoms with Gasteiger partial charge in [-0.15, -0.1) is 0 Å². The standard InChI is InChI=1S/C26H26N4/c1-18-10-8-9-15-29(18)26-21(16-20-11-4-3-5-12-20)19(2)22(17-27)25-28-23-13-6-7-14-24(23)30(25)26/h3-7,11-14,18H,8-10,15-16H2,1-2H3. The fourth-order valence-electron chi connectivity index (χ4n) is 4.89. The summed E-state index contributed by atoms with van der Waals surface area (Å²) in [6.45, 7) is 5.45. The number of para-hydroxylation sites is 2. The third-order valence-electron chi connectivity index (χ3n) is 6.50. The van der Waals surface area contributed by atoms with Crippen molar-refractivity contribution >= 4 is 22.5 Å². The summed E-state index contributed by atoms with van der Waals surface area (Å²) in [5, 5.41) is 10.1. The van der Waals surface area contributed by atoms with E-state index in [2.05, 4.69) is 71.7 Å². The van der Waals surface area contributed by atoms with E-state index in [1.54, 1.807) is 0 Å². The molecule has 4 aromatic rings. The van der Waals surface area contributed by atoms with Crippen molar-refractivity contribution in [2.75, 3.05) is 11.4 Å². The van der Waals surface area contributed by atoms with Crippen LogP contribution >= 0.6 is 0 Å². The Labute approximate surface area is 177 Å². The fourth-order valence-corrected chi connectivity index (χ4v) is 4.89. The molecule has 0 spiro atoms. The van der Waals surface area contributed by atoms with E-state index in [-0.39, 0.29) is 0 Å². The van der Waals surface area contributed by atoms with E-state index in [4.69, 9.17) is 4.98 Å². The molecule has 2 aromatic heterocycles. The molecule has 30 heavy (non-hydrogen) atoms.